The number of halogens is 1. The third-order valence-corrected chi connectivity index (χ3v) is 2.72. The molecule has 1 aromatic rings. The summed E-state index contributed by atoms with van der Waals surface area (Å²) in [5.41, 5.74) is 0.749. The topological polar surface area (TPSA) is 38.3 Å². The number of hydrogen-bond donors (Lipinski definition) is 1. The van der Waals surface area contributed by atoms with E-state index in [1.807, 2.05) is 32.9 Å². The van der Waals surface area contributed by atoms with Gasteiger partial charge in [-0.25, -0.2) is 0 Å². The van der Waals surface area contributed by atoms with E-state index in [1.54, 1.807) is 6.07 Å². The lowest BCUT2D eigenvalue weighted by Crippen LogP contribution is -2.47. The molecule has 0 aliphatic carbocycles. The summed E-state index contributed by atoms with van der Waals surface area (Å²) in [6.07, 6.45) is 0.139. The minimum absolute atomic E-state index is 0.0789. The highest BCUT2D eigenvalue weighted by Gasteiger charge is 2.30. The Kier molecular flexibility index (Phi) is 3.04. The van der Waals surface area contributed by atoms with Crippen molar-refractivity contribution in [3.63, 3.8) is 0 Å². The molecule has 4 heteroatoms. The van der Waals surface area contributed by atoms with Gasteiger partial charge in [0.15, 0.2) is 6.10 Å². The number of rotatable bonds is 1. The minimum atomic E-state index is -0.442. The average molecular weight is 254 g/mol. The fraction of sp³-hybridized carbons (Fsp3) is 0.462. The molecule has 92 valence electrons. The Bertz CT molecular complexity index is 451. The van der Waals surface area contributed by atoms with Gasteiger partial charge in [-0.1, -0.05) is 11.6 Å². The zero-order chi connectivity index (χ0) is 12.6. The van der Waals surface area contributed by atoms with Crippen LogP contribution in [0.4, 0.5) is 0 Å². The van der Waals surface area contributed by atoms with Gasteiger partial charge in [0.2, 0.25) is 0 Å². The van der Waals surface area contributed by atoms with E-state index in [-0.39, 0.29) is 11.4 Å². The third kappa shape index (κ3) is 2.91. The minimum Gasteiger partial charge on any atom is -0.480 e. The first-order chi connectivity index (χ1) is 7.85. The maximum Gasteiger partial charge on any atom is 0.261 e. The van der Waals surface area contributed by atoms with Crippen LogP contribution in [0, 0.1) is 0 Å². The molecule has 1 aliphatic rings. The zero-order valence-electron chi connectivity index (χ0n) is 10.2. The summed E-state index contributed by atoms with van der Waals surface area (Å²) in [5.74, 6) is 0.674. The Labute approximate surface area is 106 Å². The van der Waals surface area contributed by atoms with Crippen LogP contribution in [0.3, 0.4) is 0 Å². The highest BCUT2D eigenvalue weighted by atomic mass is 35.5. The van der Waals surface area contributed by atoms with Crippen LogP contribution in [0.1, 0.15) is 26.3 Å². The quantitative estimate of drug-likeness (QED) is 0.835. The lowest BCUT2D eigenvalue weighted by atomic mass is 10.1. The summed E-state index contributed by atoms with van der Waals surface area (Å²) in [5, 5.41) is 3.58. The first-order valence-corrected chi connectivity index (χ1v) is 6.00. The van der Waals surface area contributed by atoms with E-state index in [4.69, 9.17) is 16.3 Å². The summed E-state index contributed by atoms with van der Waals surface area (Å²) in [4.78, 5) is 11.9. The number of fused-ring (bicyclic) bond motifs is 1. The second-order valence-electron chi connectivity index (χ2n) is 5.30. The van der Waals surface area contributed by atoms with E-state index < -0.39 is 6.10 Å². The van der Waals surface area contributed by atoms with Crippen LogP contribution in [-0.2, 0) is 11.2 Å². The normalized spacial score (nSPS) is 18.5. The average Bonchev–Trinajstić information content (AvgIpc) is 2.57. The van der Waals surface area contributed by atoms with Crippen molar-refractivity contribution in [2.75, 3.05) is 0 Å². The molecule has 3 nitrogen and oxygen atoms in total. The molecule has 0 aromatic heterocycles. The van der Waals surface area contributed by atoms with Gasteiger partial charge in [0.1, 0.15) is 5.75 Å². The lowest BCUT2D eigenvalue weighted by Gasteiger charge is -2.22. The van der Waals surface area contributed by atoms with Gasteiger partial charge in [0, 0.05) is 17.0 Å². The smallest absolute Gasteiger partial charge is 0.261 e. The highest BCUT2D eigenvalue weighted by molar-refractivity contribution is 6.30. The van der Waals surface area contributed by atoms with E-state index in [2.05, 4.69) is 5.32 Å². The van der Waals surface area contributed by atoms with Crippen LogP contribution in [0.15, 0.2) is 18.2 Å². The molecule has 17 heavy (non-hydrogen) atoms. The molecule has 0 bridgehead atoms. The largest absolute Gasteiger partial charge is 0.480 e. The number of hydrogen-bond acceptors (Lipinski definition) is 2. The van der Waals surface area contributed by atoms with Gasteiger partial charge in [-0.3, -0.25) is 4.79 Å². The van der Waals surface area contributed by atoms with Crippen molar-refractivity contribution in [3.05, 3.63) is 28.8 Å². The van der Waals surface area contributed by atoms with Gasteiger partial charge in [0.25, 0.3) is 5.91 Å². The summed E-state index contributed by atoms with van der Waals surface area (Å²) in [7, 11) is 0. The molecule has 1 aromatic carbocycles. The Morgan fingerprint density at radius 2 is 2.18 bits per heavy atom. The van der Waals surface area contributed by atoms with E-state index in [0.717, 1.165) is 11.3 Å². The Hall–Kier alpha value is -1.22. The molecule has 1 aliphatic heterocycles. The first kappa shape index (κ1) is 12.2. The van der Waals surface area contributed by atoms with Gasteiger partial charge < -0.3 is 10.1 Å². The van der Waals surface area contributed by atoms with Crippen molar-refractivity contribution < 1.29 is 9.53 Å². The SMILES string of the molecule is CC(C)(C)NC(=O)C1Cc2cc(Cl)ccc2O1. The van der Waals surface area contributed by atoms with Gasteiger partial charge in [-0.2, -0.15) is 0 Å². The monoisotopic (exact) mass is 253 g/mol. The number of ether oxygens (including phenoxy) is 1. The molecule has 0 saturated carbocycles. The molecule has 1 N–H and O–H groups in total. The van der Waals surface area contributed by atoms with Crippen LogP contribution in [0.25, 0.3) is 0 Å². The van der Waals surface area contributed by atoms with Crippen molar-refractivity contribution in [1.82, 2.24) is 5.32 Å². The second-order valence-corrected chi connectivity index (χ2v) is 5.74. The predicted octanol–water partition coefficient (Wildman–Crippen LogP) is 2.56. The summed E-state index contributed by atoms with van der Waals surface area (Å²) in [6.45, 7) is 5.84. The Balaban J connectivity index is 2.07. The van der Waals surface area contributed by atoms with Crippen molar-refractivity contribution >= 4 is 17.5 Å². The Morgan fingerprint density at radius 1 is 1.47 bits per heavy atom. The molecule has 0 fully saturated rings. The van der Waals surface area contributed by atoms with E-state index in [1.165, 1.54) is 0 Å². The van der Waals surface area contributed by atoms with Gasteiger partial charge in [-0.05, 0) is 44.5 Å². The summed E-state index contributed by atoms with van der Waals surface area (Å²) >= 11 is 5.90. The highest BCUT2D eigenvalue weighted by Crippen LogP contribution is 2.31. The van der Waals surface area contributed by atoms with Crippen molar-refractivity contribution in [3.8, 4) is 5.75 Å². The molecule has 1 atom stereocenters. The fourth-order valence-corrected chi connectivity index (χ4v) is 2.01. The number of carbonyl (C=O) groups is 1. The third-order valence-electron chi connectivity index (χ3n) is 2.49. The molecule has 2 rings (SSSR count). The van der Waals surface area contributed by atoms with Crippen molar-refractivity contribution in [2.45, 2.75) is 38.8 Å². The van der Waals surface area contributed by atoms with Crippen molar-refractivity contribution in [2.24, 2.45) is 0 Å². The maximum atomic E-state index is 11.9. The maximum absolute atomic E-state index is 11.9. The van der Waals surface area contributed by atoms with E-state index >= 15 is 0 Å². The van der Waals surface area contributed by atoms with Crippen LogP contribution >= 0.6 is 11.6 Å². The lowest BCUT2D eigenvalue weighted by molar-refractivity contribution is -0.128. The number of nitrogens with one attached hydrogen (secondary N) is 1. The van der Waals surface area contributed by atoms with Gasteiger partial charge >= 0.3 is 0 Å². The number of amides is 1. The Morgan fingerprint density at radius 3 is 2.82 bits per heavy atom. The molecule has 1 heterocycles. The summed E-state index contributed by atoms with van der Waals surface area (Å²) in [6, 6.07) is 5.42. The number of benzene rings is 1. The van der Waals surface area contributed by atoms with Crippen LogP contribution in [0.2, 0.25) is 5.02 Å². The second kappa shape index (κ2) is 4.22. The molecular formula is C13H16ClNO2. The van der Waals surface area contributed by atoms with Gasteiger partial charge in [-0.15, -0.1) is 0 Å². The molecule has 1 amide bonds. The molecule has 0 saturated heterocycles. The van der Waals surface area contributed by atoms with Crippen molar-refractivity contribution in [1.29, 1.82) is 0 Å². The summed E-state index contributed by atoms with van der Waals surface area (Å²) < 4.78 is 5.60. The molecule has 1 unspecified atom stereocenters. The van der Waals surface area contributed by atoms with Crippen LogP contribution in [0.5, 0.6) is 5.75 Å². The van der Waals surface area contributed by atoms with Gasteiger partial charge in [0.05, 0.1) is 0 Å². The fourth-order valence-electron chi connectivity index (χ4n) is 1.81. The molecule has 0 spiro atoms. The predicted molar refractivity (Wildman–Crippen MR) is 67.5 cm³/mol. The standard InChI is InChI=1S/C13H16ClNO2/c1-13(2,3)15-12(16)11-7-8-6-9(14)4-5-10(8)17-11/h4-6,11H,7H2,1-3H3,(H,15,16). The first-order valence-electron chi connectivity index (χ1n) is 5.62. The molecular weight excluding hydrogens is 238 g/mol. The zero-order valence-corrected chi connectivity index (χ0v) is 11.0. The van der Waals surface area contributed by atoms with E-state index in [0.29, 0.717) is 11.4 Å². The number of carbonyl (C=O) groups excluding carboxylic acids is 1. The van der Waals surface area contributed by atoms with Crippen LogP contribution < -0.4 is 10.1 Å². The van der Waals surface area contributed by atoms with Crippen LogP contribution in [-0.4, -0.2) is 17.6 Å². The molecule has 0 radical (unpaired) electrons. The van der Waals surface area contributed by atoms with E-state index in [9.17, 15) is 4.79 Å².